The molecule has 0 aromatic carbocycles. The third-order valence-electron chi connectivity index (χ3n) is 9.89. The Morgan fingerprint density at radius 1 is 1.19 bits per heavy atom. The lowest BCUT2D eigenvalue weighted by molar-refractivity contribution is -0.131. The molecule has 7 atom stereocenters. The number of alkyl halides is 1. The van der Waals surface area contributed by atoms with Crippen LogP contribution in [0.15, 0.2) is 0 Å². The summed E-state index contributed by atoms with van der Waals surface area (Å²) >= 11 is 0. The summed E-state index contributed by atoms with van der Waals surface area (Å²) < 4.78 is 39.1. The van der Waals surface area contributed by atoms with Gasteiger partial charge in [-0.3, -0.25) is 14.6 Å². The van der Waals surface area contributed by atoms with Gasteiger partial charge in [-0.15, -0.1) is 0 Å². The number of sulfone groups is 1. The second kappa shape index (κ2) is 11.3. The first-order chi connectivity index (χ1) is 17.4. The second-order valence-electron chi connectivity index (χ2n) is 12.7. The van der Waals surface area contributed by atoms with E-state index in [2.05, 4.69) is 27.4 Å². The number of fused-ring (bicyclic) bond motifs is 6. The van der Waals surface area contributed by atoms with Crippen molar-refractivity contribution in [2.24, 2.45) is 22.8 Å². The molecule has 5 saturated heterocycles. The van der Waals surface area contributed by atoms with Crippen LogP contribution >= 0.6 is 0 Å². The summed E-state index contributed by atoms with van der Waals surface area (Å²) in [6, 6.07) is -0.347. The van der Waals surface area contributed by atoms with Crippen molar-refractivity contribution in [3.8, 4) is 0 Å². The Labute approximate surface area is 222 Å². The smallest absolute Gasteiger partial charge is 0.227 e. The number of nitrogens with one attached hydrogen (secondary N) is 2. The molecule has 5 heterocycles. The van der Waals surface area contributed by atoms with Crippen molar-refractivity contribution < 1.29 is 17.6 Å². The average Bonchev–Trinajstić information content (AvgIpc) is 2.94. The summed E-state index contributed by atoms with van der Waals surface area (Å²) in [4.78, 5) is 18.3. The maximum Gasteiger partial charge on any atom is 0.227 e. The summed E-state index contributed by atoms with van der Waals surface area (Å²) in [7, 11) is -3.15. The summed E-state index contributed by atoms with van der Waals surface area (Å²) in [5.41, 5.74) is 12.7. The number of amides is 1. The van der Waals surface area contributed by atoms with E-state index in [0.29, 0.717) is 32.6 Å². The first-order valence-corrected chi connectivity index (χ1v) is 15.9. The fourth-order valence-corrected chi connectivity index (χ4v) is 8.74. The maximum absolute atomic E-state index is 14.8. The van der Waals surface area contributed by atoms with E-state index in [0.717, 1.165) is 51.6 Å². The van der Waals surface area contributed by atoms with Gasteiger partial charge < -0.3 is 22.1 Å². The zero-order valence-corrected chi connectivity index (χ0v) is 23.7. The molecule has 5 fully saturated rings. The summed E-state index contributed by atoms with van der Waals surface area (Å²) in [5, 5.41) is 6.66. The van der Waals surface area contributed by atoms with Gasteiger partial charge in [-0.25, -0.2) is 12.8 Å². The zero-order valence-electron chi connectivity index (χ0n) is 22.9. The third kappa shape index (κ3) is 6.17. The largest absolute Gasteiger partial charge is 0.350 e. The summed E-state index contributed by atoms with van der Waals surface area (Å²) in [6.45, 7) is 9.19. The average molecular weight is 545 g/mol. The minimum atomic E-state index is -3.15. The summed E-state index contributed by atoms with van der Waals surface area (Å²) in [5.74, 6) is -0.687. The highest BCUT2D eigenvalue weighted by atomic mass is 32.2. The molecule has 0 saturated carbocycles. The van der Waals surface area contributed by atoms with Crippen molar-refractivity contribution in [2.45, 2.75) is 101 Å². The van der Waals surface area contributed by atoms with Crippen LogP contribution in [-0.2, 0) is 14.6 Å². The van der Waals surface area contributed by atoms with Crippen molar-refractivity contribution in [1.82, 2.24) is 20.4 Å². The molecule has 5 aliphatic heterocycles. The monoisotopic (exact) mass is 544 g/mol. The van der Waals surface area contributed by atoms with Crippen LogP contribution in [0, 0.1) is 11.3 Å². The molecule has 11 heteroatoms. The molecular formula is C26H49FN6O3S. The SMILES string of the molecule is CCC12CCCC(F)CN(CC1)C(C(C(=O)NC1CNCCC1N1CCS(=O)(=O)C(C)(C)C1)C(N)N)C2. The van der Waals surface area contributed by atoms with E-state index in [4.69, 9.17) is 11.5 Å². The predicted molar refractivity (Wildman–Crippen MR) is 144 cm³/mol. The van der Waals surface area contributed by atoms with E-state index in [1.165, 1.54) is 0 Å². The van der Waals surface area contributed by atoms with Crippen LogP contribution in [0.4, 0.5) is 4.39 Å². The number of halogens is 1. The van der Waals surface area contributed by atoms with Crippen LogP contribution < -0.4 is 22.1 Å². The molecule has 2 bridgehead atoms. The topological polar surface area (TPSA) is 134 Å². The van der Waals surface area contributed by atoms with E-state index in [1.807, 2.05) is 0 Å². The van der Waals surface area contributed by atoms with Crippen LogP contribution in [0.3, 0.4) is 0 Å². The number of hydrogen-bond donors (Lipinski definition) is 4. The molecule has 0 radical (unpaired) electrons. The van der Waals surface area contributed by atoms with Gasteiger partial charge >= 0.3 is 0 Å². The number of nitrogens with zero attached hydrogens (tertiary/aromatic N) is 2. The van der Waals surface area contributed by atoms with Crippen LogP contribution in [0.1, 0.15) is 65.7 Å². The maximum atomic E-state index is 14.8. The Hall–Kier alpha value is -0.850. The van der Waals surface area contributed by atoms with Gasteiger partial charge in [-0.1, -0.05) is 13.3 Å². The van der Waals surface area contributed by atoms with E-state index < -0.39 is 32.8 Å². The Bertz CT molecular complexity index is 918. The normalized spacial score (nSPS) is 39.4. The highest BCUT2D eigenvalue weighted by molar-refractivity contribution is 7.92. The third-order valence-corrected chi connectivity index (χ3v) is 12.4. The molecule has 214 valence electrons. The molecule has 0 aliphatic carbocycles. The van der Waals surface area contributed by atoms with Gasteiger partial charge in [0.15, 0.2) is 9.84 Å². The Kier molecular flexibility index (Phi) is 8.92. The van der Waals surface area contributed by atoms with Gasteiger partial charge in [0.2, 0.25) is 5.91 Å². The van der Waals surface area contributed by atoms with Crippen molar-refractivity contribution in [3.63, 3.8) is 0 Å². The number of hydrogen-bond acceptors (Lipinski definition) is 8. The molecule has 6 N–H and O–H groups in total. The molecular weight excluding hydrogens is 495 g/mol. The Morgan fingerprint density at radius 3 is 2.62 bits per heavy atom. The number of piperidine rings is 2. The quantitative estimate of drug-likeness (QED) is 0.357. The molecule has 37 heavy (non-hydrogen) atoms. The number of rotatable bonds is 6. The molecule has 1 amide bonds. The molecule has 0 spiro atoms. The lowest BCUT2D eigenvalue weighted by Crippen LogP contribution is -2.67. The van der Waals surface area contributed by atoms with Crippen molar-refractivity contribution in [1.29, 1.82) is 0 Å². The Morgan fingerprint density at radius 2 is 1.95 bits per heavy atom. The second-order valence-corrected chi connectivity index (χ2v) is 15.4. The first-order valence-electron chi connectivity index (χ1n) is 14.2. The Balaban J connectivity index is 1.53. The lowest BCUT2D eigenvalue weighted by atomic mass is 9.68. The van der Waals surface area contributed by atoms with Crippen molar-refractivity contribution in [2.75, 3.05) is 45.0 Å². The molecule has 7 unspecified atom stereocenters. The molecule has 0 aromatic rings. The van der Waals surface area contributed by atoms with E-state index in [9.17, 15) is 17.6 Å². The molecule has 9 nitrogen and oxygen atoms in total. The molecule has 0 aromatic heterocycles. The van der Waals surface area contributed by atoms with Gasteiger partial charge in [0.25, 0.3) is 0 Å². The van der Waals surface area contributed by atoms with Gasteiger partial charge in [0.1, 0.15) is 6.17 Å². The summed E-state index contributed by atoms with van der Waals surface area (Å²) in [6.07, 6.45) is 4.30. The van der Waals surface area contributed by atoms with Crippen LogP contribution in [-0.4, -0.2) is 104 Å². The van der Waals surface area contributed by atoms with Gasteiger partial charge in [0, 0.05) is 38.3 Å². The zero-order chi connectivity index (χ0) is 27.0. The minimum absolute atomic E-state index is 0.0316. The van der Waals surface area contributed by atoms with Crippen LogP contribution in [0.5, 0.6) is 0 Å². The van der Waals surface area contributed by atoms with Gasteiger partial charge in [-0.2, -0.15) is 0 Å². The van der Waals surface area contributed by atoms with E-state index in [-0.39, 0.29) is 35.2 Å². The highest BCUT2D eigenvalue weighted by Crippen LogP contribution is 2.45. The number of nitrogens with two attached hydrogens (primary N) is 2. The van der Waals surface area contributed by atoms with E-state index in [1.54, 1.807) is 13.8 Å². The molecule has 5 rings (SSSR count). The van der Waals surface area contributed by atoms with Crippen molar-refractivity contribution >= 4 is 15.7 Å². The fraction of sp³-hybridized carbons (Fsp3) is 0.962. The molecule has 5 aliphatic rings. The predicted octanol–water partition coefficient (Wildman–Crippen LogP) is 0.585. The van der Waals surface area contributed by atoms with Gasteiger partial charge in [-0.05, 0) is 70.9 Å². The van der Waals surface area contributed by atoms with E-state index >= 15 is 0 Å². The fourth-order valence-electron chi connectivity index (χ4n) is 7.35. The van der Waals surface area contributed by atoms with Gasteiger partial charge in [0.05, 0.1) is 28.6 Å². The number of carbonyl (C=O) groups excluding carboxylic acids is 1. The number of carbonyl (C=O) groups is 1. The highest BCUT2D eigenvalue weighted by Gasteiger charge is 2.48. The van der Waals surface area contributed by atoms with Crippen LogP contribution in [0.25, 0.3) is 0 Å². The standard InChI is InChI=1S/C26H49FN6O3S/c1-4-26-8-5-6-18(27)16-32(11-9-26)21(14-26)22(23(28)29)24(34)31-19-15-30-10-7-20(19)33-12-13-37(35,36)25(2,3)17-33/h18-23,30H,4-17,28-29H2,1-3H3,(H,31,34). The van der Waals surface area contributed by atoms with Crippen molar-refractivity contribution in [3.05, 3.63) is 0 Å². The first kappa shape index (κ1) is 29.1. The minimum Gasteiger partial charge on any atom is -0.350 e. The lowest BCUT2D eigenvalue weighted by Gasteiger charge is -2.50. The van der Waals surface area contributed by atoms with Crippen LogP contribution in [0.2, 0.25) is 0 Å².